The number of rotatable bonds is 3. The third kappa shape index (κ3) is 4.77. The maximum absolute atomic E-state index is 9.86. The Labute approximate surface area is 156 Å². The zero-order chi connectivity index (χ0) is 19.2. The van der Waals surface area contributed by atoms with Crippen molar-refractivity contribution in [2.24, 2.45) is 5.73 Å². The Balaban J connectivity index is 0.000000364. The van der Waals surface area contributed by atoms with Crippen molar-refractivity contribution < 1.29 is 5.11 Å². The van der Waals surface area contributed by atoms with Crippen LogP contribution >= 0.6 is 0 Å². The number of nitrogens with two attached hydrogens (primary N) is 1. The van der Waals surface area contributed by atoms with E-state index in [9.17, 15) is 5.11 Å². The lowest BCUT2D eigenvalue weighted by atomic mass is 9.95. The Bertz CT molecular complexity index is 941. The number of hydrogen-bond acceptors (Lipinski definition) is 8. The van der Waals surface area contributed by atoms with E-state index in [-0.39, 0.29) is 11.4 Å². The molecule has 0 spiro atoms. The minimum absolute atomic E-state index is 0.0685. The van der Waals surface area contributed by atoms with Crippen LogP contribution in [0.4, 0.5) is 11.6 Å². The number of nitriles is 1. The van der Waals surface area contributed by atoms with Crippen molar-refractivity contribution in [3.05, 3.63) is 42.0 Å². The van der Waals surface area contributed by atoms with E-state index in [0.717, 1.165) is 5.69 Å². The average molecular weight is 364 g/mol. The van der Waals surface area contributed by atoms with Gasteiger partial charge in [-0.25, -0.2) is 15.0 Å². The van der Waals surface area contributed by atoms with Crippen molar-refractivity contribution >= 4 is 11.6 Å². The molecule has 0 atom stereocenters. The van der Waals surface area contributed by atoms with Crippen LogP contribution in [-0.2, 0) is 0 Å². The molecular formula is C18H20N8O. The summed E-state index contributed by atoms with van der Waals surface area (Å²) >= 11 is 0. The van der Waals surface area contributed by atoms with Gasteiger partial charge in [-0.05, 0) is 31.9 Å². The summed E-state index contributed by atoms with van der Waals surface area (Å²) in [5.41, 5.74) is 7.40. The Morgan fingerprint density at radius 3 is 2.63 bits per heavy atom. The summed E-state index contributed by atoms with van der Waals surface area (Å²) in [6.45, 7) is 1.84. The Kier molecular flexibility index (Phi) is 5.58. The largest absolute Gasteiger partial charge is 0.506 e. The van der Waals surface area contributed by atoms with E-state index in [1.54, 1.807) is 18.2 Å². The number of hydrogen-bond donors (Lipinski definition) is 4. The van der Waals surface area contributed by atoms with Crippen molar-refractivity contribution in [2.75, 3.05) is 5.32 Å². The fraction of sp³-hybridized carbons (Fsp3) is 0.278. The van der Waals surface area contributed by atoms with Gasteiger partial charge in [0, 0.05) is 17.8 Å². The number of nitrogens with zero attached hydrogens (tertiary/aromatic N) is 5. The lowest BCUT2D eigenvalue weighted by Gasteiger charge is -2.18. The summed E-state index contributed by atoms with van der Waals surface area (Å²) in [6, 6.07) is 7.46. The average Bonchev–Trinajstić information content (AvgIpc) is 3.11. The minimum atomic E-state index is 0.0685. The molecule has 1 saturated carbocycles. The quantitative estimate of drug-likeness (QED) is 0.553. The predicted octanol–water partition coefficient (Wildman–Crippen LogP) is 2.39. The molecule has 0 radical (unpaired) electrons. The van der Waals surface area contributed by atoms with Gasteiger partial charge in [0.25, 0.3) is 0 Å². The summed E-state index contributed by atoms with van der Waals surface area (Å²) in [6.07, 6.45) is 6.69. The molecule has 3 aromatic heterocycles. The molecule has 3 heterocycles. The second kappa shape index (κ2) is 8.25. The molecule has 9 heteroatoms. The molecule has 1 aliphatic carbocycles. The minimum Gasteiger partial charge on any atom is -0.506 e. The van der Waals surface area contributed by atoms with Crippen LogP contribution < -0.4 is 11.1 Å². The molecular weight excluding hydrogens is 344 g/mol. The number of aromatic hydroxyl groups is 1. The third-order valence-electron chi connectivity index (χ3n) is 4.02. The Morgan fingerprint density at radius 1 is 1.26 bits per heavy atom. The molecule has 0 saturated heterocycles. The number of aromatic amines is 1. The first-order valence-electron chi connectivity index (χ1n) is 8.52. The highest BCUT2D eigenvalue weighted by Gasteiger charge is 2.11. The van der Waals surface area contributed by atoms with Gasteiger partial charge in [-0.1, -0.05) is 6.42 Å². The molecule has 0 bridgehead atoms. The van der Waals surface area contributed by atoms with Crippen LogP contribution in [0.2, 0.25) is 0 Å². The smallest absolute Gasteiger partial charge is 0.158 e. The lowest BCUT2D eigenvalue weighted by Crippen LogP contribution is -2.27. The van der Waals surface area contributed by atoms with Crippen LogP contribution in [0, 0.1) is 18.3 Å². The van der Waals surface area contributed by atoms with Crippen LogP contribution in [0.3, 0.4) is 0 Å². The first kappa shape index (κ1) is 18.3. The molecule has 1 fully saturated rings. The number of aryl methyl sites for hydroxylation is 1. The predicted molar refractivity (Wildman–Crippen MR) is 100 cm³/mol. The van der Waals surface area contributed by atoms with Gasteiger partial charge in [0.05, 0.1) is 18.1 Å². The second-order valence-electron chi connectivity index (χ2n) is 6.20. The first-order valence-corrected chi connectivity index (χ1v) is 8.52. The molecule has 9 nitrogen and oxygen atoms in total. The highest BCUT2D eigenvalue weighted by molar-refractivity contribution is 5.66. The fourth-order valence-electron chi connectivity index (χ4n) is 2.28. The van der Waals surface area contributed by atoms with E-state index in [1.165, 1.54) is 31.7 Å². The molecule has 4 rings (SSSR count). The van der Waals surface area contributed by atoms with Gasteiger partial charge in [0.2, 0.25) is 0 Å². The molecule has 0 amide bonds. The van der Waals surface area contributed by atoms with E-state index < -0.39 is 0 Å². The van der Waals surface area contributed by atoms with Gasteiger partial charge < -0.3 is 16.2 Å². The van der Waals surface area contributed by atoms with Crippen LogP contribution in [0.5, 0.6) is 5.75 Å². The molecule has 0 aromatic carbocycles. The van der Waals surface area contributed by atoms with E-state index in [2.05, 4.69) is 30.5 Å². The SMILES string of the molecule is Cc1ccc(O)c(-c2cc(Nc3cnc(C#N)cn3)n[nH]2)n1.NC1CCC1. The van der Waals surface area contributed by atoms with Gasteiger partial charge in [-0.15, -0.1) is 0 Å². The van der Waals surface area contributed by atoms with Gasteiger partial charge in [-0.3, -0.25) is 5.10 Å². The van der Waals surface area contributed by atoms with Gasteiger partial charge >= 0.3 is 0 Å². The number of pyridine rings is 1. The van der Waals surface area contributed by atoms with Crippen LogP contribution in [0.25, 0.3) is 11.4 Å². The van der Waals surface area contributed by atoms with Crippen molar-refractivity contribution in [2.45, 2.75) is 32.2 Å². The lowest BCUT2D eigenvalue weighted by molar-refractivity contribution is 0.418. The van der Waals surface area contributed by atoms with Gasteiger partial charge in [0.1, 0.15) is 23.3 Å². The van der Waals surface area contributed by atoms with E-state index in [4.69, 9.17) is 11.0 Å². The molecule has 27 heavy (non-hydrogen) atoms. The third-order valence-corrected chi connectivity index (χ3v) is 4.02. The second-order valence-corrected chi connectivity index (χ2v) is 6.20. The van der Waals surface area contributed by atoms with Crippen LogP contribution in [0.15, 0.2) is 30.6 Å². The van der Waals surface area contributed by atoms with E-state index in [0.29, 0.717) is 29.1 Å². The number of nitrogens with one attached hydrogen (secondary N) is 2. The topological polar surface area (TPSA) is 149 Å². The van der Waals surface area contributed by atoms with E-state index in [1.807, 2.05) is 13.0 Å². The van der Waals surface area contributed by atoms with Crippen molar-refractivity contribution in [3.63, 3.8) is 0 Å². The summed E-state index contributed by atoms with van der Waals surface area (Å²) in [7, 11) is 0. The van der Waals surface area contributed by atoms with Crippen molar-refractivity contribution in [3.8, 4) is 23.2 Å². The van der Waals surface area contributed by atoms with Crippen molar-refractivity contribution in [1.82, 2.24) is 25.1 Å². The molecule has 0 unspecified atom stereocenters. The van der Waals surface area contributed by atoms with Crippen LogP contribution in [0.1, 0.15) is 30.7 Å². The summed E-state index contributed by atoms with van der Waals surface area (Å²) in [4.78, 5) is 12.2. The normalized spacial score (nSPS) is 13.1. The zero-order valence-corrected chi connectivity index (χ0v) is 14.8. The standard InChI is InChI=1S/C14H11N7O.C4H9N/c1-8-2-3-11(22)14(18-8)10-4-12(21-20-10)19-13-7-16-9(5-15)6-17-13;5-4-2-1-3-4/h2-4,6-7,22H,1H3,(H2,17,19,20,21);4H,1-3,5H2. The molecule has 3 aromatic rings. The number of anilines is 2. The fourth-order valence-corrected chi connectivity index (χ4v) is 2.28. The maximum Gasteiger partial charge on any atom is 0.158 e. The Morgan fingerprint density at radius 2 is 2.04 bits per heavy atom. The molecule has 1 aliphatic rings. The van der Waals surface area contributed by atoms with Crippen LogP contribution in [-0.4, -0.2) is 36.3 Å². The molecule has 0 aliphatic heterocycles. The van der Waals surface area contributed by atoms with Gasteiger partial charge in [0.15, 0.2) is 11.5 Å². The van der Waals surface area contributed by atoms with E-state index >= 15 is 0 Å². The van der Waals surface area contributed by atoms with Crippen molar-refractivity contribution in [1.29, 1.82) is 5.26 Å². The highest BCUT2D eigenvalue weighted by atomic mass is 16.3. The van der Waals surface area contributed by atoms with Gasteiger partial charge in [-0.2, -0.15) is 10.4 Å². The summed E-state index contributed by atoms with van der Waals surface area (Å²) in [5, 5.41) is 28.4. The zero-order valence-electron chi connectivity index (χ0n) is 14.8. The number of aromatic nitrogens is 5. The molecule has 138 valence electrons. The molecule has 5 N–H and O–H groups in total. The number of H-pyrrole nitrogens is 1. The highest BCUT2D eigenvalue weighted by Crippen LogP contribution is 2.27. The maximum atomic E-state index is 9.86. The summed E-state index contributed by atoms with van der Waals surface area (Å²) < 4.78 is 0. The summed E-state index contributed by atoms with van der Waals surface area (Å²) in [5.74, 6) is 1.02. The monoisotopic (exact) mass is 364 g/mol. The first-order chi connectivity index (χ1) is 13.0. The Hall–Kier alpha value is -3.51.